The third kappa shape index (κ3) is 3.12. The number of carbonyl (C=O) groups excluding carboxylic acids is 2. The van der Waals surface area contributed by atoms with E-state index in [0.29, 0.717) is 37.4 Å². The Morgan fingerprint density at radius 3 is 3.00 bits per heavy atom. The summed E-state index contributed by atoms with van der Waals surface area (Å²) >= 11 is 5.93. The van der Waals surface area contributed by atoms with Crippen molar-refractivity contribution in [1.82, 2.24) is 15.2 Å². The van der Waals surface area contributed by atoms with E-state index in [1.54, 1.807) is 4.90 Å². The maximum absolute atomic E-state index is 12.2. The van der Waals surface area contributed by atoms with E-state index in [-0.39, 0.29) is 16.8 Å². The average molecular weight is 284 g/mol. The van der Waals surface area contributed by atoms with Crippen LogP contribution in [-0.4, -0.2) is 41.3 Å². The first-order valence-corrected chi connectivity index (χ1v) is 6.17. The summed E-state index contributed by atoms with van der Waals surface area (Å²) in [6.07, 6.45) is 1.71. The molecule has 2 heterocycles. The van der Waals surface area contributed by atoms with Crippen LogP contribution in [0.15, 0.2) is 12.3 Å². The van der Waals surface area contributed by atoms with Crippen molar-refractivity contribution >= 4 is 29.2 Å². The van der Waals surface area contributed by atoms with E-state index in [2.05, 4.69) is 15.7 Å². The van der Waals surface area contributed by atoms with Crippen molar-refractivity contribution < 1.29 is 9.59 Å². The molecular formula is C11H14ClN5O2. The van der Waals surface area contributed by atoms with Gasteiger partial charge in [-0.2, -0.15) is 0 Å². The van der Waals surface area contributed by atoms with Gasteiger partial charge in [0.15, 0.2) is 5.82 Å². The highest BCUT2D eigenvalue weighted by atomic mass is 35.5. The van der Waals surface area contributed by atoms with E-state index >= 15 is 0 Å². The number of hydrogen-bond acceptors (Lipinski definition) is 5. The molecule has 1 aliphatic rings. The Labute approximate surface area is 115 Å². The fourth-order valence-electron chi connectivity index (χ4n) is 1.81. The molecule has 0 bridgehead atoms. The predicted molar refractivity (Wildman–Crippen MR) is 70.6 cm³/mol. The fourth-order valence-corrected chi connectivity index (χ4v) is 2.03. The number of carbonyl (C=O) groups is 2. The van der Waals surface area contributed by atoms with E-state index < -0.39 is 0 Å². The predicted octanol–water partition coefficient (Wildman–Crippen LogP) is -0.0173. The van der Waals surface area contributed by atoms with E-state index in [1.807, 2.05) is 0 Å². The lowest BCUT2D eigenvalue weighted by molar-refractivity contribution is -0.120. The van der Waals surface area contributed by atoms with Gasteiger partial charge in [-0.15, -0.1) is 0 Å². The summed E-state index contributed by atoms with van der Waals surface area (Å²) in [6, 6.07) is 1.51. The number of anilines is 1. The number of nitrogen functional groups attached to an aromatic ring is 1. The molecule has 1 aliphatic heterocycles. The Balaban J connectivity index is 2.14. The molecule has 0 saturated carbocycles. The van der Waals surface area contributed by atoms with Gasteiger partial charge >= 0.3 is 0 Å². The number of nitrogens with zero attached hydrogens (tertiary/aromatic N) is 2. The number of rotatable bonds is 2. The highest BCUT2D eigenvalue weighted by Gasteiger charge is 2.20. The monoisotopic (exact) mass is 283 g/mol. The van der Waals surface area contributed by atoms with Crippen molar-refractivity contribution in [3.8, 4) is 0 Å². The van der Waals surface area contributed by atoms with Gasteiger partial charge in [-0.25, -0.2) is 10.8 Å². The van der Waals surface area contributed by atoms with Crippen LogP contribution in [0.25, 0.3) is 0 Å². The van der Waals surface area contributed by atoms with Gasteiger partial charge in [-0.1, -0.05) is 11.6 Å². The van der Waals surface area contributed by atoms with Crippen molar-refractivity contribution in [2.24, 2.45) is 5.84 Å². The van der Waals surface area contributed by atoms with Crippen LogP contribution in [0.3, 0.4) is 0 Å². The van der Waals surface area contributed by atoms with E-state index in [4.69, 9.17) is 17.4 Å². The maximum Gasteiger partial charge on any atom is 0.255 e. The van der Waals surface area contributed by atoms with Crippen molar-refractivity contribution in [1.29, 1.82) is 0 Å². The van der Waals surface area contributed by atoms with Gasteiger partial charge in [0.05, 0.1) is 10.6 Å². The lowest BCUT2D eigenvalue weighted by Gasteiger charge is -2.19. The van der Waals surface area contributed by atoms with Crippen molar-refractivity contribution in [2.45, 2.75) is 6.42 Å². The molecule has 2 amide bonds. The summed E-state index contributed by atoms with van der Waals surface area (Å²) in [6.45, 7) is 1.31. The molecule has 1 aromatic rings. The van der Waals surface area contributed by atoms with Crippen LogP contribution < -0.4 is 16.6 Å². The lowest BCUT2D eigenvalue weighted by atomic mass is 10.2. The second-order valence-electron chi connectivity index (χ2n) is 4.09. The molecule has 1 saturated heterocycles. The summed E-state index contributed by atoms with van der Waals surface area (Å²) in [5, 5.41) is 2.98. The highest BCUT2D eigenvalue weighted by Crippen LogP contribution is 2.20. The van der Waals surface area contributed by atoms with Crippen LogP contribution in [0.5, 0.6) is 0 Å². The van der Waals surface area contributed by atoms with Gasteiger partial charge in [-0.3, -0.25) is 9.59 Å². The molecule has 1 fully saturated rings. The van der Waals surface area contributed by atoms with E-state index in [1.165, 1.54) is 12.3 Å². The van der Waals surface area contributed by atoms with Gasteiger partial charge in [0.2, 0.25) is 5.91 Å². The molecule has 4 N–H and O–H groups in total. The Hall–Kier alpha value is -1.86. The van der Waals surface area contributed by atoms with Gasteiger partial charge in [0.25, 0.3) is 5.91 Å². The Kier molecular flexibility index (Phi) is 4.18. The van der Waals surface area contributed by atoms with Crippen LogP contribution in [0.1, 0.15) is 16.8 Å². The average Bonchev–Trinajstić information content (AvgIpc) is 2.62. The number of amides is 2. The zero-order valence-electron chi connectivity index (χ0n) is 10.1. The smallest absolute Gasteiger partial charge is 0.255 e. The minimum Gasteiger partial charge on any atom is -0.354 e. The van der Waals surface area contributed by atoms with Crippen LogP contribution in [0, 0.1) is 0 Å². The normalized spacial score (nSPS) is 15.7. The number of nitrogens with two attached hydrogens (primary N) is 1. The number of hydrazine groups is 1. The van der Waals surface area contributed by atoms with Gasteiger partial charge < -0.3 is 15.6 Å². The molecule has 8 heteroatoms. The molecule has 1 aromatic heterocycles. The van der Waals surface area contributed by atoms with Crippen LogP contribution >= 0.6 is 11.6 Å². The molecule has 2 rings (SSSR count). The zero-order valence-corrected chi connectivity index (χ0v) is 10.9. The van der Waals surface area contributed by atoms with Crippen molar-refractivity contribution in [3.63, 3.8) is 0 Å². The molecule has 0 aliphatic carbocycles. The second-order valence-corrected chi connectivity index (χ2v) is 4.50. The zero-order chi connectivity index (χ0) is 13.8. The van der Waals surface area contributed by atoms with Crippen molar-refractivity contribution in [2.75, 3.05) is 25.1 Å². The SMILES string of the molecule is NNc1ncc(C(=O)N2CCNC(=O)CC2)cc1Cl. The summed E-state index contributed by atoms with van der Waals surface area (Å²) in [5.74, 6) is 5.28. The molecule has 0 spiro atoms. The molecular weight excluding hydrogens is 270 g/mol. The highest BCUT2D eigenvalue weighted by molar-refractivity contribution is 6.33. The molecule has 0 unspecified atom stereocenters. The summed E-state index contributed by atoms with van der Waals surface area (Å²) in [7, 11) is 0. The van der Waals surface area contributed by atoms with Crippen molar-refractivity contribution in [3.05, 3.63) is 22.8 Å². The maximum atomic E-state index is 12.2. The molecule has 19 heavy (non-hydrogen) atoms. The topological polar surface area (TPSA) is 100 Å². The molecule has 102 valence electrons. The fraction of sp³-hybridized carbons (Fsp3) is 0.364. The first kappa shape index (κ1) is 13.6. The van der Waals surface area contributed by atoms with Crippen LogP contribution in [0.2, 0.25) is 5.02 Å². The number of aromatic nitrogens is 1. The number of pyridine rings is 1. The third-order valence-electron chi connectivity index (χ3n) is 2.82. The number of hydrogen-bond donors (Lipinski definition) is 3. The number of nitrogens with one attached hydrogen (secondary N) is 2. The first-order valence-electron chi connectivity index (χ1n) is 5.80. The van der Waals surface area contributed by atoms with Gasteiger partial charge in [-0.05, 0) is 6.07 Å². The quantitative estimate of drug-likeness (QED) is 0.523. The van der Waals surface area contributed by atoms with E-state index in [9.17, 15) is 9.59 Å². The molecule has 0 radical (unpaired) electrons. The minimum absolute atomic E-state index is 0.0471. The largest absolute Gasteiger partial charge is 0.354 e. The van der Waals surface area contributed by atoms with Gasteiger partial charge in [0.1, 0.15) is 0 Å². The lowest BCUT2D eigenvalue weighted by Crippen LogP contribution is -2.34. The van der Waals surface area contributed by atoms with Crippen LogP contribution in [0.4, 0.5) is 5.82 Å². The van der Waals surface area contributed by atoms with Crippen LogP contribution in [-0.2, 0) is 4.79 Å². The second kappa shape index (κ2) is 5.85. The summed E-state index contributed by atoms with van der Waals surface area (Å²) < 4.78 is 0. The Bertz CT molecular complexity index is 508. The molecule has 0 aromatic carbocycles. The van der Waals surface area contributed by atoms with Gasteiger partial charge in [0, 0.05) is 32.3 Å². The van der Waals surface area contributed by atoms with E-state index in [0.717, 1.165) is 0 Å². The summed E-state index contributed by atoms with van der Waals surface area (Å²) in [4.78, 5) is 29.0. The third-order valence-corrected chi connectivity index (χ3v) is 3.11. The Morgan fingerprint density at radius 1 is 1.53 bits per heavy atom. The Morgan fingerprint density at radius 2 is 2.32 bits per heavy atom. The minimum atomic E-state index is -0.200. The standard InChI is InChI=1S/C11H14ClN5O2/c12-8-5-7(6-15-10(8)16-13)11(19)17-3-1-9(18)14-2-4-17/h5-6H,1-4,13H2,(H,14,18)(H,15,16). The molecule has 0 atom stereocenters. The first-order chi connectivity index (χ1) is 9.11. The summed E-state index contributed by atoms with van der Waals surface area (Å²) in [5.41, 5.74) is 2.71. The molecule has 7 nitrogen and oxygen atoms in total. The number of halogens is 1.